The predicted octanol–water partition coefficient (Wildman–Crippen LogP) is 3.81. The maximum absolute atomic E-state index is 13.1. The number of carboxylic acid groups (broad SMARTS) is 1. The highest BCUT2D eigenvalue weighted by Gasteiger charge is 2.36. The second kappa shape index (κ2) is 16.6. The van der Waals surface area contributed by atoms with Gasteiger partial charge in [-0.2, -0.15) is 0 Å². The van der Waals surface area contributed by atoms with Gasteiger partial charge in [-0.3, -0.25) is 28.8 Å². The number of hydrogen-bond donors (Lipinski definition) is 4. The quantitative estimate of drug-likeness (QED) is 0.182. The van der Waals surface area contributed by atoms with Crippen LogP contribution in [0, 0.1) is 21.7 Å². The van der Waals surface area contributed by atoms with Crippen LogP contribution in [0.3, 0.4) is 0 Å². The Morgan fingerprint density at radius 2 is 1.24 bits per heavy atom. The van der Waals surface area contributed by atoms with Crippen molar-refractivity contribution in [2.24, 2.45) is 21.7 Å². The molecule has 0 radical (unpaired) electrons. The lowest BCUT2D eigenvalue weighted by Crippen LogP contribution is -2.53. The fourth-order valence-corrected chi connectivity index (χ4v) is 6.43. The lowest BCUT2D eigenvalue weighted by atomic mass is 9.75. The van der Waals surface area contributed by atoms with Gasteiger partial charge in [0.15, 0.2) is 0 Å². The molecule has 0 spiro atoms. The highest BCUT2D eigenvalue weighted by Crippen LogP contribution is 2.34. The third-order valence-electron chi connectivity index (χ3n) is 7.82. The minimum Gasteiger partial charge on any atom is -0.481 e. The molecule has 264 valence electrons. The second-order valence-corrected chi connectivity index (χ2v) is 16.6. The minimum atomic E-state index is -1.09. The van der Waals surface area contributed by atoms with Crippen LogP contribution < -0.4 is 16.0 Å². The monoisotopic (exact) mass is 652 g/mol. The standard InChI is InChI=1S/C34H60N4O8/c1-22-16-24(46-28(43)15-14-27(41)42)19-38(22)26(40)13-12-25(39)37-23(17-35-29(44)33(8,9)20-31(2,3)4)18-36-30(45)34(10,11)21-32(5,6)7/h22-24H,12-21H2,1-11H3,(H,35,44)(H,36,45)(H,37,39)(H,41,42)/t22-,24-/m1/s1. The van der Waals surface area contributed by atoms with Crippen LogP contribution in [0.25, 0.3) is 0 Å². The Kier molecular flexibility index (Phi) is 14.7. The summed E-state index contributed by atoms with van der Waals surface area (Å²) in [7, 11) is 0. The summed E-state index contributed by atoms with van der Waals surface area (Å²) in [5, 5.41) is 17.5. The molecule has 1 aliphatic heterocycles. The molecule has 0 aliphatic carbocycles. The van der Waals surface area contributed by atoms with Crippen molar-refractivity contribution in [1.29, 1.82) is 0 Å². The fraction of sp³-hybridized carbons (Fsp3) is 0.824. The molecule has 0 saturated carbocycles. The number of carboxylic acids is 1. The zero-order chi connectivity index (χ0) is 35.7. The van der Waals surface area contributed by atoms with Gasteiger partial charge in [-0.25, -0.2) is 0 Å². The van der Waals surface area contributed by atoms with Crippen molar-refractivity contribution in [3.8, 4) is 0 Å². The number of rotatable bonds is 16. The van der Waals surface area contributed by atoms with Crippen LogP contribution in [0.15, 0.2) is 0 Å². The van der Waals surface area contributed by atoms with E-state index in [4.69, 9.17) is 9.84 Å². The van der Waals surface area contributed by atoms with Crippen LogP contribution >= 0.6 is 0 Å². The van der Waals surface area contributed by atoms with Crippen molar-refractivity contribution in [1.82, 2.24) is 20.9 Å². The number of carbonyl (C=O) groups is 6. The van der Waals surface area contributed by atoms with Gasteiger partial charge in [0.25, 0.3) is 0 Å². The van der Waals surface area contributed by atoms with Gasteiger partial charge in [-0.15, -0.1) is 0 Å². The summed E-state index contributed by atoms with van der Waals surface area (Å²) in [6, 6.07) is -0.814. The van der Waals surface area contributed by atoms with E-state index in [1.807, 2.05) is 34.6 Å². The molecule has 0 aromatic carbocycles. The van der Waals surface area contributed by atoms with Crippen molar-refractivity contribution >= 4 is 35.6 Å². The highest BCUT2D eigenvalue weighted by atomic mass is 16.5. The molecule has 12 nitrogen and oxygen atoms in total. The molecule has 4 amide bonds. The first kappa shape index (κ1) is 40.8. The Morgan fingerprint density at radius 3 is 1.67 bits per heavy atom. The maximum atomic E-state index is 13.1. The Morgan fingerprint density at radius 1 is 0.761 bits per heavy atom. The van der Waals surface area contributed by atoms with E-state index in [-0.39, 0.29) is 79.9 Å². The smallest absolute Gasteiger partial charge is 0.306 e. The molecule has 0 bridgehead atoms. The SMILES string of the molecule is C[C@@H]1C[C@@H](OC(=O)CCC(=O)O)CN1C(=O)CCC(=O)NC(CNC(=O)C(C)(C)CC(C)(C)C)CNC(=O)C(C)(C)CC(C)(C)C. The summed E-state index contributed by atoms with van der Waals surface area (Å²) in [4.78, 5) is 76.4. The van der Waals surface area contributed by atoms with Gasteiger partial charge in [0.05, 0.1) is 25.4 Å². The Hall–Kier alpha value is -3.18. The molecule has 1 saturated heterocycles. The van der Waals surface area contributed by atoms with Crippen molar-refractivity contribution < 1.29 is 38.6 Å². The summed E-state index contributed by atoms with van der Waals surface area (Å²) in [5.41, 5.74) is -1.43. The van der Waals surface area contributed by atoms with Crippen LogP contribution in [0.1, 0.15) is 121 Å². The summed E-state index contributed by atoms with van der Waals surface area (Å²) in [6.45, 7) is 22.1. The first-order valence-electron chi connectivity index (χ1n) is 16.4. The summed E-state index contributed by atoms with van der Waals surface area (Å²) in [6.07, 6.45) is 0.466. The van der Waals surface area contributed by atoms with Gasteiger partial charge in [-0.1, -0.05) is 69.2 Å². The fourth-order valence-electron chi connectivity index (χ4n) is 6.43. The number of nitrogens with one attached hydrogen (secondary N) is 3. The summed E-state index contributed by atoms with van der Waals surface area (Å²) >= 11 is 0. The third kappa shape index (κ3) is 15.4. The number of esters is 1. The van der Waals surface area contributed by atoms with Gasteiger partial charge in [0.2, 0.25) is 23.6 Å². The molecule has 4 N–H and O–H groups in total. The minimum absolute atomic E-state index is 0.0670. The number of nitrogens with zero attached hydrogens (tertiary/aromatic N) is 1. The number of hydrogen-bond acceptors (Lipinski definition) is 7. The van der Waals surface area contributed by atoms with Crippen LogP contribution in [-0.2, 0) is 33.5 Å². The van der Waals surface area contributed by atoms with E-state index in [0.717, 1.165) is 0 Å². The van der Waals surface area contributed by atoms with Crippen LogP contribution in [0.2, 0.25) is 0 Å². The highest BCUT2D eigenvalue weighted by molar-refractivity contribution is 5.85. The van der Waals surface area contributed by atoms with Crippen molar-refractivity contribution in [2.75, 3.05) is 19.6 Å². The largest absolute Gasteiger partial charge is 0.481 e. The normalized spacial score (nSPS) is 17.4. The zero-order valence-corrected chi connectivity index (χ0v) is 30.1. The Balaban J connectivity index is 2.84. The van der Waals surface area contributed by atoms with E-state index in [0.29, 0.717) is 19.3 Å². The Labute approximate surface area is 275 Å². The molecular weight excluding hydrogens is 592 g/mol. The first-order valence-corrected chi connectivity index (χ1v) is 16.4. The van der Waals surface area contributed by atoms with Gasteiger partial charge in [0.1, 0.15) is 6.10 Å². The number of carbonyl (C=O) groups excluding carboxylic acids is 5. The average molecular weight is 653 g/mol. The van der Waals surface area contributed by atoms with Crippen LogP contribution in [0.4, 0.5) is 0 Å². The van der Waals surface area contributed by atoms with E-state index in [2.05, 4.69) is 57.5 Å². The van der Waals surface area contributed by atoms with E-state index in [1.165, 1.54) is 0 Å². The average Bonchev–Trinajstić information content (AvgIpc) is 3.23. The molecule has 1 fully saturated rings. The molecule has 1 rings (SSSR count). The van der Waals surface area contributed by atoms with E-state index in [1.54, 1.807) is 4.90 Å². The number of ether oxygens (including phenoxy) is 1. The molecule has 0 aromatic rings. The zero-order valence-electron chi connectivity index (χ0n) is 30.1. The molecule has 2 atom stereocenters. The topological polar surface area (TPSA) is 171 Å². The molecule has 1 heterocycles. The molecule has 46 heavy (non-hydrogen) atoms. The van der Waals surface area contributed by atoms with Gasteiger partial charge in [-0.05, 0) is 30.6 Å². The summed E-state index contributed by atoms with van der Waals surface area (Å²) < 4.78 is 5.34. The lowest BCUT2D eigenvalue weighted by molar-refractivity contribution is -0.152. The number of aliphatic carboxylic acids is 1. The van der Waals surface area contributed by atoms with Crippen molar-refractivity contribution in [3.05, 3.63) is 0 Å². The predicted molar refractivity (Wildman–Crippen MR) is 175 cm³/mol. The van der Waals surface area contributed by atoms with Crippen LogP contribution in [-0.4, -0.2) is 83.4 Å². The summed E-state index contributed by atoms with van der Waals surface area (Å²) in [5.74, 6) is -2.68. The Bertz CT molecular complexity index is 1060. The van der Waals surface area contributed by atoms with Gasteiger partial charge >= 0.3 is 11.9 Å². The number of amides is 4. The number of likely N-dealkylation sites (tertiary alicyclic amines) is 1. The lowest BCUT2D eigenvalue weighted by Gasteiger charge is -2.33. The van der Waals surface area contributed by atoms with Crippen molar-refractivity contribution in [2.45, 2.75) is 139 Å². The first-order chi connectivity index (χ1) is 20.8. The maximum Gasteiger partial charge on any atom is 0.306 e. The van der Waals surface area contributed by atoms with Gasteiger partial charge in [0, 0.05) is 49.2 Å². The van der Waals surface area contributed by atoms with E-state index in [9.17, 15) is 28.8 Å². The van der Waals surface area contributed by atoms with Crippen molar-refractivity contribution in [3.63, 3.8) is 0 Å². The molecule has 0 unspecified atom stereocenters. The van der Waals surface area contributed by atoms with Gasteiger partial charge < -0.3 is 30.7 Å². The molecule has 1 aliphatic rings. The van der Waals surface area contributed by atoms with Crippen LogP contribution in [0.5, 0.6) is 0 Å². The molecule has 0 aromatic heterocycles. The van der Waals surface area contributed by atoms with E-state index < -0.39 is 40.8 Å². The second-order valence-electron chi connectivity index (χ2n) is 16.6. The molecule has 12 heteroatoms. The van der Waals surface area contributed by atoms with E-state index >= 15 is 0 Å². The third-order valence-corrected chi connectivity index (χ3v) is 7.82. The molecular formula is C34H60N4O8.